The summed E-state index contributed by atoms with van der Waals surface area (Å²) in [6.07, 6.45) is 3.98. The molecule has 0 unspecified atom stereocenters. The second-order valence-electron chi connectivity index (χ2n) is 6.39. The Balaban J connectivity index is 3.10. The normalized spacial score (nSPS) is 12.3. The van der Waals surface area contributed by atoms with Gasteiger partial charge in [-0.1, -0.05) is 26.8 Å². The Morgan fingerprint density at radius 3 is 1.60 bits per heavy atom. The van der Waals surface area contributed by atoms with Gasteiger partial charge in [0.05, 0.1) is 0 Å². The SMILES string of the molecule is C[CH]c1c(OC(C)(C)CC)cccc1OC(C)(C)CC. The third-order valence-electron chi connectivity index (χ3n) is 3.79. The van der Waals surface area contributed by atoms with Crippen LogP contribution >= 0.6 is 0 Å². The van der Waals surface area contributed by atoms with Gasteiger partial charge in [0.1, 0.15) is 22.7 Å². The molecule has 0 saturated carbocycles. The fourth-order valence-corrected chi connectivity index (χ4v) is 1.73. The summed E-state index contributed by atoms with van der Waals surface area (Å²) in [5.74, 6) is 1.78. The van der Waals surface area contributed by atoms with Gasteiger partial charge in [0.25, 0.3) is 0 Å². The van der Waals surface area contributed by atoms with Crippen molar-refractivity contribution in [2.24, 2.45) is 0 Å². The molecule has 1 aromatic rings. The van der Waals surface area contributed by atoms with Crippen LogP contribution in [0.2, 0.25) is 0 Å². The minimum absolute atomic E-state index is 0.170. The van der Waals surface area contributed by atoms with Gasteiger partial charge in [-0.25, -0.2) is 0 Å². The smallest absolute Gasteiger partial charge is 0.127 e. The number of ether oxygens (including phenoxy) is 2. The van der Waals surface area contributed by atoms with E-state index >= 15 is 0 Å². The molecule has 113 valence electrons. The summed E-state index contributed by atoms with van der Waals surface area (Å²) in [6, 6.07) is 6.02. The molecule has 2 heteroatoms. The highest BCUT2D eigenvalue weighted by Crippen LogP contribution is 2.35. The molecule has 1 radical (unpaired) electrons. The highest BCUT2D eigenvalue weighted by Gasteiger charge is 2.23. The Kier molecular flexibility index (Phi) is 5.50. The van der Waals surface area contributed by atoms with Gasteiger partial charge in [0.2, 0.25) is 0 Å². The summed E-state index contributed by atoms with van der Waals surface area (Å²) in [5.41, 5.74) is 0.698. The van der Waals surface area contributed by atoms with E-state index in [1.807, 2.05) is 25.1 Å². The Morgan fingerprint density at radius 2 is 1.30 bits per heavy atom. The average molecular weight is 277 g/mol. The molecule has 0 aliphatic heterocycles. The van der Waals surface area contributed by atoms with Crippen molar-refractivity contribution < 1.29 is 9.47 Å². The van der Waals surface area contributed by atoms with Crippen LogP contribution in [0, 0.1) is 6.42 Å². The molecule has 0 aliphatic carbocycles. The fourth-order valence-electron chi connectivity index (χ4n) is 1.73. The third kappa shape index (κ3) is 4.43. The van der Waals surface area contributed by atoms with Crippen LogP contribution in [0.4, 0.5) is 0 Å². The van der Waals surface area contributed by atoms with Crippen molar-refractivity contribution in [2.75, 3.05) is 0 Å². The molecule has 1 rings (SSSR count). The zero-order valence-corrected chi connectivity index (χ0v) is 14.0. The van der Waals surface area contributed by atoms with E-state index in [-0.39, 0.29) is 11.2 Å². The second-order valence-corrected chi connectivity index (χ2v) is 6.39. The van der Waals surface area contributed by atoms with E-state index in [9.17, 15) is 0 Å². The van der Waals surface area contributed by atoms with E-state index in [1.165, 1.54) is 0 Å². The summed E-state index contributed by atoms with van der Waals surface area (Å²) in [7, 11) is 0. The van der Waals surface area contributed by atoms with Crippen molar-refractivity contribution in [1.82, 2.24) is 0 Å². The highest BCUT2D eigenvalue weighted by atomic mass is 16.5. The van der Waals surface area contributed by atoms with Crippen LogP contribution in [-0.2, 0) is 0 Å². The molecule has 0 atom stereocenters. The number of hydrogen-bond acceptors (Lipinski definition) is 2. The largest absolute Gasteiger partial charge is 0.487 e. The first-order chi connectivity index (χ1) is 9.24. The molecule has 0 spiro atoms. The van der Waals surface area contributed by atoms with Gasteiger partial charge in [-0.15, -0.1) is 0 Å². The summed E-state index contributed by atoms with van der Waals surface area (Å²) >= 11 is 0. The van der Waals surface area contributed by atoms with Crippen molar-refractivity contribution in [1.29, 1.82) is 0 Å². The Labute approximate surface area is 124 Å². The molecule has 1 aromatic carbocycles. The minimum Gasteiger partial charge on any atom is -0.487 e. The lowest BCUT2D eigenvalue weighted by Gasteiger charge is -2.29. The van der Waals surface area contributed by atoms with E-state index in [1.54, 1.807) is 0 Å². The van der Waals surface area contributed by atoms with E-state index in [2.05, 4.69) is 48.0 Å². The lowest BCUT2D eigenvalue weighted by atomic mass is 10.0. The van der Waals surface area contributed by atoms with Crippen LogP contribution < -0.4 is 9.47 Å². The molecule has 0 amide bonds. The number of hydrogen-bond donors (Lipinski definition) is 0. The Morgan fingerprint density at radius 1 is 0.900 bits per heavy atom. The minimum atomic E-state index is -0.170. The molecule has 0 aromatic heterocycles. The molecular formula is C18H29O2. The first kappa shape index (κ1) is 16.9. The van der Waals surface area contributed by atoms with E-state index in [0.29, 0.717) is 0 Å². The molecule has 2 nitrogen and oxygen atoms in total. The number of rotatable bonds is 7. The standard InChI is InChI=1S/C18H29O2/c1-8-14-15(19-17(4,5)9-2)12-11-13-16(14)20-18(6,7)10-3/h8,11-13H,9-10H2,1-7H3. The van der Waals surface area contributed by atoms with Crippen molar-refractivity contribution in [2.45, 2.75) is 72.5 Å². The van der Waals surface area contributed by atoms with Crippen LogP contribution in [0.5, 0.6) is 11.5 Å². The van der Waals surface area contributed by atoms with Crippen LogP contribution in [0.1, 0.15) is 66.9 Å². The Hall–Kier alpha value is -1.18. The van der Waals surface area contributed by atoms with Crippen molar-refractivity contribution in [3.05, 3.63) is 30.2 Å². The van der Waals surface area contributed by atoms with Crippen molar-refractivity contribution in [3.63, 3.8) is 0 Å². The van der Waals surface area contributed by atoms with Crippen LogP contribution in [0.25, 0.3) is 0 Å². The topological polar surface area (TPSA) is 18.5 Å². The van der Waals surface area contributed by atoms with E-state index in [4.69, 9.17) is 9.47 Å². The van der Waals surface area contributed by atoms with Crippen molar-refractivity contribution >= 4 is 0 Å². The van der Waals surface area contributed by atoms with Gasteiger partial charge in [0, 0.05) is 5.56 Å². The van der Waals surface area contributed by atoms with Crippen LogP contribution in [0.15, 0.2) is 18.2 Å². The summed E-state index contributed by atoms with van der Waals surface area (Å²) in [5, 5.41) is 0. The van der Waals surface area contributed by atoms with Gasteiger partial charge in [-0.05, 0) is 59.1 Å². The summed E-state index contributed by atoms with van der Waals surface area (Å²) < 4.78 is 12.3. The van der Waals surface area contributed by atoms with Crippen LogP contribution in [-0.4, -0.2) is 11.2 Å². The molecule has 0 N–H and O–H groups in total. The average Bonchev–Trinajstić information content (AvgIpc) is 2.38. The second kappa shape index (κ2) is 6.51. The van der Waals surface area contributed by atoms with Crippen LogP contribution in [0.3, 0.4) is 0 Å². The van der Waals surface area contributed by atoms with E-state index in [0.717, 1.165) is 29.9 Å². The molecule has 0 aliphatic rings. The Bertz CT molecular complexity index is 397. The monoisotopic (exact) mass is 277 g/mol. The first-order valence-corrected chi connectivity index (χ1v) is 7.55. The van der Waals surface area contributed by atoms with Gasteiger partial charge in [-0.3, -0.25) is 0 Å². The maximum Gasteiger partial charge on any atom is 0.127 e. The van der Waals surface area contributed by atoms with Gasteiger partial charge >= 0.3 is 0 Å². The zero-order chi connectivity index (χ0) is 15.4. The van der Waals surface area contributed by atoms with Gasteiger partial charge in [-0.2, -0.15) is 0 Å². The van der Waals surface area contributed by atoms with E-state index < -0.39 is 0 Å². The van der Waals surface area contributed by atoms with Crippen molar-refractivity contribution in [3.8, 4) is 11.5 Å². The highest BCUT2D eigenvalue weighted by molar-refractivity contribution is 5.49. The predicted molar refractivity (Wildman–Crippen MR) is 85.5 cm³/mol. The maximum absolute atomic E-state index is 6.15. The molecule has 0 fully saturated rings. The first-order valence-electron chi connectivity index (χ1n) is 7.55. The quantitative estimate of drug-likeness (QED) is 0.665. The zero-order valence-electron chi connectivity index (χ0n) is 14.0. The molecule has 0 saturated heterocycles. The molecule has 20 heavy (non-hydrogen) atoms. The number of benzene rings is 1. The molecule has 0 bridgehead atoms. The molecule has 0 heterocycles. The maximum atomic E-state index is 6.15. The lowest BCUT2D eigenvalue weighted by Crippen LogP contribution is -2.29. The summed E-state index contributed by atoms with van der Waals surface area (Å²) in [6.45, 7) is 14.7. The predicted octanol–water partition coefficient (Wildman–Crippen LogP) is 5.39. The van der Waals surface area contributed by atoms with Gasteiger partial charge < -0.3 is 9.47 Å². The van der Waals surface area contributed by atoms with Gasteiger partial charge in [0.15, 0.2) is 0 Å². The fraction of sp³-hybridized carbons (Fsp3) is 0.611. The third-order valence-corrected chi connectivity index (χ3v) is 3.79. The molecular weight excluding hydrogens is 248 g/mol. The lowest BCUT2D eigenvalue weighted by molar-refractivity contribution is 0.0948. The summed E-state index contributed by atoms with van der Waals surface area (Å²) in [4.78, 5) is 0.